The number of ketones is 1. The molecule has 1 saturated carbocycles. The quantitative estimate of drug-likeness (QED) is 0.509. The lowest BCUT2D eigenvalue weighted by Gasteiger charge is -2.32. The maximum Gasteiger partial charge on any atom is 0.420 e. The Labute approximate surface area is 197 Å². The number of benzene rings is 2. The van der Waals surface area contributed by atoms with Gasteiger partial charge in [0.25, 0.3) is 0 Å². The molecular formula is C27H30F3NO3. The van der Waals surface area contributed by atoms with E-state index in [-0.39, 0.29) is 40.9 Å². The minimum atomic E-state index is -4.58. The summed E-state index contributed by atoms with van der Waals surface area (Å²) in [5.41, 5.74) is 2.37. The van der Waals surface area contributed by atoms with Crippen LogP contribution in [0.2, 0.25) is 0 Å². The van der Waals surface area contributed by atoms with Crippen molar-refractivity contribution in [2.24, 2.45) is 17.8 Å². The summed E-state index contributed by atoms with van der Waals surface area (Å²) in [6, 6.07) is 9.47. The SMILES string of the molecule is COc1ccc(NC(=O)C2CCC(C3CCCc4c(C)cccc4C3=O)CC2)cc1C(F)(F)F. The summed E-state index contributed by atoms with van der Waals surface area (Å²) in [7, 11) is 1.18. The topological polar surface area (TPSA) is 55.4 Å². The Morgan fingerprint density at radius 2 is 1.79 bits per heavy atom. The molecule has 2 aromatic carbocycles. The van der Waals surface area contributed by atoms with Crippen LogP contribution < -0.4 is 10.1 Å². The minimum Gasteiger partial charge on any atom is -0.496 e. The van der Waals surface area contributed by atoms with Gasteiger partial charge in [0.05, 0.1) is 12.7 Å². The molecule has 1 fully saturated rings. The lowest BCUT2D eigenvalue weighted by Crippen LogP contribution is -2.32. The van der Waals surface area contributed by atoms with Crippen molar-refractivity contribution in [2.75, 3.05) is 12.4 Å². The smallest absolute Gasteiger partial charge is 0.420 e. The van der Waals surface area contributed by atoms with E-state index >= 15 is 0 Å². The molecule has 7 heteroatoms. The number of nitrogens with one attached hydrogen (secondary N) is 1. The lowest BCUT2D eigenvalue weighted by molar-refractivity contribution is -0.138. The summed E-state index contributed by atoms with van der Waals surface area (Å²) in [4.78, 5) is 26.1. The summed E-state index contributed by atoms with van der Waals surface area (Å²) >= 11 is 0. The van der Waals surface area contributed by atoms with Crippen LogP contribution in [0.3, 0.4) is 0 Å². The number of hydrogen-bond acceptors (Lipinski definition) is 3. The highest BCUT2D eigenvalue weighted by molar-refractivity contribution is 6.00. The van der Waals surface area contributed by atoms with Gasteiger partial charge in [-0.15, -0.1) is 0 Å². The van der Waals surface area contributed by atoms with Gasteiger partial charge < -0.3 is 10.1 Å². The fraction of sp³-hybridized carbons (Fsp3) is 0.481. The van der Waals surface area contributed by atoms with Crippen molar-refractivity contribution >= 4 is 17.4 Å². The van der Waals surface area contributed by atoms with Gasteiger partial charge in [-0.3, -0.25) is 9.59 Å². The van der Waals surface area contributed by atoms with Gasteiger partial charge in [-0.05, 0) is 87.1 Å². The van der Waals surface area contributed by atoms with Crippen molar-refractivity contribution in [1.29, 1.82) is 0 Å². The molecule has 2 aliphatic carbocycles. The predicted molar refractivity (Wildman–Crippen MR) is 124 cm³/mol. The maximum absolute atomic E-state index is 13.3. The zero-order valence-corrected chi connectivity index (χ0v) is 19.5. The van der Waals surface area contributed by atoms with Crippen LogP contribution in [-0.4, -0.2) is 18.8 Å². The molecule has 0 heterocycles. The predicted octanol–water partition coefficient (Wildman–Crippen LogP) is 6.60. The Hall–Kier alpha value is -2.83. The first-order chi connectivity index (χ1) is 16.2. The highest BCUT2D eigenvalue weighted by atomic mass is 19.4. The molecule has 1 N–H and O–H groups in total. The van der Waals surface area contributed by atoms with Gasteiger partial charge in [0.1, 0.15) is 5.75 Å². The first-order valence-electron chi connectivity index (χ1n) is 11.9. The summed E-state index contributed by atoms with van der Waals surface area (Å²) in [6.45, 7) is 2.05. The van der Waals surface area contributed by atoms with Crippen LogP contribution in [0.5, 0.6) is 5.75 Å². The number of Topliss-reactive ketones (excluding diaryl/α,β-unsaturated/α-hetero) is 1. The number of ether oxygens (including phenoxy) is 1. The zero-order valence-electron chi connectivity index (χ0n) is 19.5. The normalized spacial score (nSPS) is 23.1. The molecule has 0 saturated heterocycles. The van der Waals surface area contributed by atoms with E-state index in [1.807, 2.05) is 12.1 Å². The number of hydrogen-bond donors (Lipinski definition) is 1. The molecule has 1 atom stereocenters. The summed E-state index contributed by atoms with van der Waals surface area (Å²) < 4.78 is 44.7. The van der Waals surface area contributed by atoms with Crippen molar-refractivity contribution in [1.82, 2.24) is 0 Å². The highest BCUT2D eigenvalue weighted by Gasteiger charge is 2.37. The third kappa shape index (κ3) is 4.98. The molecule has 4 rings (SSSR count). The lowest BCUT2D eigenvalue weighted by atomic mass is 9.72. The molecule has 4 nitrogen and oxygen atoms in total. The van der Waals surface area contributed by atoms with Crippen LogP contribution in [0.4, 0.5) is 18.9 Å². The molecule has 0 aliphatic heterocycles. The molecule has 0 bridgehead atoms. The fourth-order valence-corrected chi connectivity index (χ4v) is 5.58. The number of fused-ring (bicyclic) bond motifs is 1. The zero-order chi connectivity index (χ0) is 24.5. The van der Waals surface area contributed by atoms with Gasteiger partial charge in [-0.2, -0.15) is 13.2 Å². The first kappa shape index (κ1) is 24.3. The molecular weight excluding hydrogens is 443 g/mol. The molecule has 1 amide bonds. The Morgan fingerprint density at radius 1 is 1.06 bits per heavy atom. The van der Waals surface area contributed by atoms with Crippen LogP contribution >= 0.6 is 0 Å². The van der Waals surface area contributed by atoms with Gasteiger partial charge in [0, 0.05) is 23.1 Å². The van der Waals surface area contributed by atoms with Crippen molar-refractivity contribution in [3.05, 3.63) is 58.7 Å². The van der Waals surface area contributed by atoms with Crippen LogP contribution in [-0.2, 0) is 17.4 Å². The number of methoxy groups -OCH3 is 1. The maximum atomic E-state index is 13.3. The Morgan fingerprint density at radius 3 is 2.47 bits per heavy atom. The number of rotatable bonds is 4. The van der Waals surface area contributed by atoms with E-state index in [1.165, 1.54) is 30.4 Å². The third-order valence-corrected chi connectivity index (χ3v) is 7.44. The molecule has 182 valence electrons. The fourth-order valence-electron chi connectivity index (χ4n) is 5.58. The van der Waals surface area contributed by atoms with Gasteiger partial charge in [-0.1, -0.05) is 18.2 Å². The van der Waals surface area contributed by atoms with E-state index in [0.29, 0.717) is 12.8 Å². The number of alkyl halides is 3. The van der Waals surface area contributed by atoms with Crippen molar-refractivity contribution < 1.29 is 27.5 Å². The number of carbonyl (C=O) groups excluding carboxylic acids is 2. The third-order valence-electron chi connectivity index (χ3n) is 7.44. The number of amides is 1. The van der Waals surface area contributed by atoms with Crippen molar-refractivity contribution in [3.63, 3.8) is 0 Å². The van der Waals surface area contributed by atoms with E-state index in [4.69, 9.17) is 4.74 Å². The number of anilines is 1. The second kappa shape index (κ2) is 9.80. The van der Waals surface area contributed by atoms with Gasteiger partial charge in [0.15, 0.2) is 5.78 Å². The molecule has 2 aliphatic rings. The second-order valence-corrected chi connectivity index (χ2v) is 9.48. The molecule has 2 aromatic rings. The summed E-state index contributed by atoms with van der Waals surface area (Å²) in [5, 5.41) is 2.65. The van der Waals surface area contributed by atoms with Crippen LogP contribution in [0, 0.1) is 24.7 Å². The van der Waals surface area contributed by atoms with Crippen molar-refractivity contribution in [3.8, 4) is 5.75 Å². The minimum absolute atomic E-state index is 0.0250. The first-order valence-corrected chi connectivity index (χ1v) is 11.9. The average Bonchev–Trinajstić information content (AvgIpc) is 2.98. The van der Waals surface area contributed by atoms with Gasteiger partial charge in [0.2, 0.25) is 5.91 Å². The average molecular weight is 474 g/mol. The monoisotopic (exact) mass is 473 g/mol. The van der Waals surface area contributed by atoms with Crippen LogP contribution in [0.15, 0.2) is 36.4 Å². The number of aryl methyl sites for hydroxylation is 1. The number of carbonyl (C=O) groups is 2. The Kier molecular flexibility index (Phi) is 7.01. The second-order valence-electron chi connectivity index (χ2n) is 9.48. The summed E-state index contributed by atoms with van der Waals surface area (Å²) in [5.74, 6) is -0.394. The number of halogens is 3. The van der Waals surface area contributed by atoms with E-state index in [9.17, 15) is 22.8 Å². The van der Waals surface area contributed by atoms with Crippen LogP contribution in [0.25, 0.3) is 0 Å². The standard InChI is InChI=1S/C27H30F3NO3/c1-16-5-3-8-22-20(16)6-4-7-21(25(22)32)17-9-11-18(12-10-17)26(33)31-19-13-14-24(34-2)23(15-19)27(28,29)30/h3,5,8,13-15,17-18,21H,4,6-7,9-12H2,1-2H3,(H,31,33). The summed E-state index contributed by atoms with van der Waals surface area (Å²) in [6.07, 6.45) is 0.981. The molecule has 0 aromatic heterocycles. The highest BCUT2D eigenvalue weighted by Crippen LogP contribution is 2.41. The van der Waals surface area contributed by atoms with E-state index < -0.39 is 11.7 Å². The van der Waals surface area contributed by atoms with E-state index in [0.717, 1.165) is 43.7 Å². The molecule has 34 heavy (non-hydrogen) atoms. The van der Waals surface area contributed by atoms with Gasteiger partial charge >= 0.3 is 6.18 Å². The van der Waals surface area contributed by atoms with Gasteiger partial charge in [-0.25, -0.2) is 0 Å². The molecule has 0 spiro atoms. The Balaban J connectivity index is 1.39. The molecule has 1 unspecified atom stereocenters. The van der Waals surface area contributed by atoms with E-state index in [2.05, 4.69) is 18.3 Å². The largest absolute Gasteiger partial charge is 0.496 e. The Bertz CT molecular complexity index is 1070. The molecule has 0 radical (unpaired) electrons. The van der Waals surface area contributed by atoms with E-state index in [1.54, 1.807) is 0 Å². The van der Waals surface area contributed by atoms with Crippen LogP contribution in [0.1, 0.15) is 65.6 Å². The van der Waals surface area contributed by atoms with Crippen molar-refractivity contribution in [2.45, 2.75) is 58.0 Å².